The third-order valence-electron chi connectivity index (χ3n) is 8.96. The first-order valence-electron chi connectivity index (χ1n) is 17.2. The highest BCUT2D eigenvalue weighted by Crippen LogP contribution is 2.35. The Balaban J connectivity index is 1.50. The van der Waals surface area contributed by atoms with Crippen molar-refractivity contribution in [3.8, 4) is 0 Å². The average molecular weight is 818 g/mol. The lowest BCUT2D eigenvalue weighted by atomic mass is 10.0. The third kappa shape index (κ3) is 11.0. The molecule has 304 valence electrons. The highest BCUT2D eigenvalue weighted by Gasteiger charge is 2.56. The van der Waals surface area contributed by atoms with Crippen LogP contribution in [0.25, 0.3) is 0 Å². The molecule has 0 spiro atoms. The van der Waals surface area contributed by atoms with E-state index in [2.05, 4.69) is 0 Å². The highest BCUT2D eigenvalue weighted by molar-refractivity contribution is 6.34. The molecule has 4 saturated heterocycles. The van der Waals surface area contributed by atoms with Crippen LogP contribution in [0.3, 0.4) is 0 Å². The van der Waals surface area contributed by atoms with Crippen molar-refractivity contribution >= 4 is 40.8 Å². The van der Waals surface area contributed by atoms with E-state index in [0.29, 0.717) is 10.1 Å². The average Bonchev–Trinajstić information content (AvgIpc) is 3.53. The summed E-state index contributed by atoms with van der Waals surface area (Å²) in [5.74, 6) is -3.83. The van der Waals surface area contributed by atoms with Crippen molar-refractivity contribution in [1.29, 1.82) is 0 Å². The van der Waals surface area contributed by atoms with Gasteiger partial charge in [-0.15, -0.1) is 0 Å². The molecule has 0 aromatic rings. The van der Waals surface area contributed by atoms with Crippen molar-refractivity contribution in [2.24, 2.45) is 5.73 Å². The van der Waals surface area contributed by atoms with E-state index >= 15 is 0 Å². The van der Waals surface area contributed by atoms with Gasteiger partial charge in [-0.3, -0.25) is 19.3 Å². The summed E-state index contributed by atoms with van der Waals surface area (Å²) >= 11 is 11.8. The Morgan fingerprint density at radius 2 is 1.55 bits per heavy atom. The Morgan fingerprint density at radius 3 is 2.18 bits per heavy atom. The van der Waals surface area contributed by atoms with Crippen molar-refractivity contribution in [3.05, 3.63) is 82.2 Å². The number of allylic oxidation sites excluding steroid dienone is 12. The van der Waals surface area contributed by atoms with Gasteiger partial charge in [-0.05, 0) is 32.1 Å². The first-order chi connectivity index (χ1) is 26.1. The molecule has 17 nitrogen and oxygen atoms in total. The summed E-state index contributed by atoms with van der Waals surface area (Å²) in [5, 5.41) is 65.5. The van der Waals surface area contributed by atoms with Gasteiger partial charge in [0.05, 0.1) is 25.7 Å². The molecular formula is C36H46Cl2N2O15. The molecule has 4 heterocycles. The van der Waals surface area contributed by atoms with E-state index in [1.807, 2.05) is 0 Å². The third-order valence-corrected chi connectivity index (χ3v) is 9.31. The van der Waals surface area contributed by atoms with Gasteiger partial charge in [-0.25, -0.2) is 0 Å². The molecule has 2 amide bonds. The number of aliphatic hydroxyl groups excluding tert-OH is 6. The van der Waals surface area contributed by atoms with Crippen molar-refractivity contribution in [3.63, 3.8) is 0 Å². The number of carbonyl (C=O) groups excluding carboxylic acids is 3. The maximum Gasteiger partial charge on any atom is 0.264 e. The standard InChI is InChI=1S/C36H46Cl2N2O15/c1-17(37)13-19(38)11-9-7-5-4-6-8-10-12-21(41)25-27(45)20(14-24(39)43)40(33(25)49)34-31(28(46)22(42)15-51-34)55-35-30(48)29(47)23(16-52-35)54-36-32(50-3)26(44)18(2)53-36/h4-13,18,20,22-23,26,28-32,34-36,41-42,44,46-48H,14-16H2,1-3H3,(H2,39,43)/b5-4+,8-6+,9-7+,12-10+,17-13-,19-11-,25-21-/t18-,20?,22?,23?,26?,28?,29?,30?,31?,32+,34?,35?,36+/m1/s1. The maximum absolute atomic E-state index is 13.8. The van der Waals surface area contributed by atoms with Gasteiger partial charge in [-0.1, -0.05) is 65.7 Å². The van der Waals surface area contributed by atoms with Crippen LogP contribution in [0.1, 0.15) is 20.3 Å². The Morgan fingerprint density at radius 1 is 0.891 bits per heavy atom. The van der Waals surface area contributed by atoms with E-state index in [0.717, 1.165) is 11.0 Å². The summed E-state index contributed by atoms with van der Waals surface area (Å²) in [4.78, 5) is 40.2. The molecule has 0 aliphatic carbocycles. The van der Waals surface area contributed by atoms with Gasteiger partial charge in [0.2, 0.25) is 5.91 Å². The number of aliphatic hydroxyl groups is 6. The number of likely N-dealkylation sites (tertiary alicyclic amines) is 1. The van der Waals surface area contributed by atoms with Gasteiger partial charge in [0, 0.05) is 17.2 Å². The minimum Gasteiger partial charge on any atom is -0.507 e. The Hall–Kier alpha value is -3.27. The molecule has 4 rings (SSSR count). The first kappa shape index (κ1) is 44.4. The van der Waals surface area contributed by atoms with E-state index in [1.165, 1.54) is 19.3 Å². The summed E-state index contributed by atoms with van der Waals surface area (Å²) < 4.78 is 33.7. The van der Waals surface area contributed by atoms with Crippen LogP contribution in [0, 0.1) is 0 Å². The Kier molecular flexibility index (Phi) is 16.4. The number of hydrogen-bond acceptors (Lipinski definition) is 15. The molecule has 55 heavy (non-hydrogen) atoms. The second-order valence-electron chi connectivity index (χ2n) is 13.0. The SMILES string of the molecule is CO[C@H]1C(O)[C@@H](C)O[C@H]1OC1COC(OC2C(O)C(O)COC2N2C(=O)/C(=C(O)/C=C/C=C/C=C/C=C/C=C(Cl)/C=C(/C)Cl)C(=O)C2CC(N)=O)C(O)C1O. The number of methoxy groups -OCH3 is 1. The summed E-state index contributed by atoms with van der Waals surface area (Å²) in [7, 11) is 1.34. The lowest BCUT2D eigenvalue weighted by molar-refractivity contribution is -0.338. The normalized spacial score (nSPS) is 37.8. The predicted octanol–water partition coefficient (Wildman–Crippen LogP) is -0.00880. The van der Waals surface area contributed by atoms with Crippen molar-refractivity contribution in [2.45, 2.75) is 100 Å². The molecule has 0 radical (unpaired) electrons. The van der Waals surface area contributed by atoms with E-state index in [1.54, 1.807) is 56.4 Å². The summed E-state index contributed by atoms with van der Waals surface area (Å²) in [6, 6.07) is -1.62. The largest absolute Gasteiger partial charge is 0.507 e. The maximum atomic E-state index is 13.8. The lowest BCUT2D eigenvalue weighted by Gasteiger charge is -2.46. The number of Topliss-reactive ketones (excluding diaryl/α,β-unsaturated/α-hetero) is 1. The van der Waals surface area contributed by atoms with E-state index in [9.17, 15) is 45.0 Å². The number of ketones is 1. The minimum absolute atomic E-state index is 0.404. The van der Waals surface area contributed by atoms with Crippen molar-refractivity contribution in [1.82, 2.24) is 4.90 Å². The minimum atomic E-state index is -1.85. The second kappa shape index (κ2) is 20.2. The number of rotatable bonds is 14. The highest BCUT2D eigenvalue weighted by atomic mass is 35.5. The second-order valence-corrected chi connectivity index (χ2v) is 14.0. The zero-order valence-corrected chi connectivity index (χ0v) is 31.6. The van der Waals surface area contributed by atoms with Crippen LogP contribution in [0.4, 0.5) is 0 Å². The number of hydrogen-bond donors (Lipinski definition) is 7. The Bertz CT molecular complexity index is 1610. The van der Waals surface area contributed by atoms with Gasteiger partial charge in [0.25, 0.3) is 5.91 Å². The number of ether oxygens (including phenoxy) is 6. The van der Waals surface area contributed by atoms with E-state index in [4.69, 9.17) is 57.4 Å². The summed E-state index contributed by atoms with van der Waals surface area (Å²) in [6.45, 7) is 2.32. The molecular weight excluding hydrogens is 771 g/mol. The fraction of sp³-hybridized carbons (Fsp3) is 0.528. The van der Waals surface area contributed by atoms with Gasteiger partial charge in [0.1, 0.15) is 66.2 Å². The molecule has 4 fully saturated rings. The van der Waals surface area contributed by atoms with Crippen LogP contribution in [-0.4, -0.2) is 153 Å². The van der Waals surface area contributed by atoms with Gasteiger partial charge in [-0.2, -0.15) is 0 Å². The van der Waals surface area contributed by atoms with Crippen LogP contribution >= 0.6 is 23.2 Å². The van der Waals surface area contributed by atoms with Crippen LogP contribution in [0.15, 0.2) is 82.2 Å². The molecule has 0 aromatic heterocycles. The van der Waals surface area contributed by atoms with Crippen LogP contribution in [0.2, 0.25) is 0 Å². The van der Waals surface area contributed by atoms with Gasteiger partial charge < -0.3 is 64.8 Å². The van der Waals surface area contributed by atoms with Crippen molar-refractivity contribution < 1.29 is 73.4 Å². The molecule has 0 saturated carbocycles. The van der Waals surface area contributed by atoms with Crippen molar-refractivity contribution in [2.75, 3.05) is 20.3 Å². The molecule has 4 aliphatic rings. The van der Waals surface area contributed by atoms with E-state index < -0.39 is 128 Å². The molecule has 10 unspecified atom stereocenters. The summed E-state index contributed by atoms with van der Waals surface area (Å²) in [5.41, 5.74) is 4.70. The van der Waals surface area contributed by atoms with Gasteiger partial charge >= 0.3 is 0 Å². The Labute approximate surface area is 326 Å². The number of amides is 2. The molecule has 19 heteroatoms. The fourth-order valence-corrected chi connectivity index (χ4v) is 6.58. The number of primary amides is 1. The molecule has 0 aromatic carbocycles. The molecule has 13 atom stereocenters. The van der Waals surface area contributed by atoms with Gasteiger partial charge in [0.15, 0.2) is 24.6 Å². The number of carbonyl (C=O) groups is 3. The zero-order valence-electron chi connectivity index (χ0n) is 30.0. The number of halogens is 2. The lowest BCUT2D eigenvalue weighted by Crippen LogP contribution is -2.65. The zero-order chi connectivity index (χ0) is 40.6. The number of nitrogens with two attached hydrogens (primary N) is 1. The first-order valence-corrected chi connectivity index (χ1v) is 17.9. The molecule has 8 N–H and O–H groups in total. The monoisotopic (exact) mass is 816 g/mol. The van der Waals surface area contributed by atoms with Crippen LogP contribution in [-0.2, 0) is 42.8 Å². The quantitative estimate of drug-likeness (QED) is 0.0527. The topological polar surface area (TPSA) is 257 Å². The van der Waals surface area contributed by atoms with Crippen LogP contribution in [0.5, 0.6) is 0 Å². The fourth-order valence-electron chi connectivity index (χ4n) is 6.17. The summed E-state index contributed by atoms with van der Waals surface area (Å²) in [6.07, 6.45) is -2.29. The van der Waals surface area contributed by atoms with E-state index in [-0.39, 0.29) is 0 Å². The number of nitrogens with zero attached hydrogens (tertiary/aromatic N) is 1. The predicted molar refractivity (Wildman–Crippen MR) is 194 cm³/mol. The van der Waals surface area contributed by atoms with Crippen LogP contribution < -0.4 is 5.73 Å². The molecule has 4 aliphatic heterocycles. The molecule has 0 bridgehead atoms. The smallest absolute Gasteiger partial charge is 0.264 e.